The van der Waals surface area contributed by atoms with E-state index < -0.39 is 0 Å². The summed E-state index contributed by atoms with van der Waals surface area (Å²) >= 11 is 11.0. The number of rotatable bonds is 3. The van der Waals surface area contributed by atoms with E-state index in [1.165, 1.54) is 5.54 Å². The van der Waals surface area contributed by atoms with Crippen molar-refractivity contribution in [2.45, 2.75) is 0 Å². The summed E-state index contributed by atoms with van der Waals surface area (Å²) in [7, 11) is 0. The lowest BCUT2D eigenvalue weighted by atomic mass is 10.3. The zero-order valence-corrected chi connectivity index (χ0v) is 7.85. The minimum Gasteiger partial charge on any atom is -0.488 e. The molecular weight excluding hydrogens is 195 g/mol. The van der Waals surface area contributed by atoms with E-state index in [0.717, 1.165) is 5.75 Å². The van der Waals surface area contributed by atoms with Gasteiger partial charge in [0.25, 0.3) is 0 Å². The van der Waals surface area contributed by atoms with Crippen LogP contribution in [0.4, 0.5) is 0 Å². The Hall–Kier alpha value is -0.660. The molecule has 0 saturated carbocycles. The fraction of sp³-hybridized carbons (Fsp3) is 0.111. The molecule has 0 bridgehead atoms. The molecule has 0 N–H and O–H groups in total. The quantitative estimate of drug-likeness (QED) is 0.731. The van der Waals surface area contributed by atoms with E-state index in [-0.39, 0.29) is 0 Å². The van der Waals surface area contributed by atoms with Crippen molar-refractivity contribution in [1.82, 2.24) is 0 Å². The van der Waals surface area contributed by atoms with E-state index in [4.69, 9.17) is 27.9 Å². The molecule has 0 unspecified atom stereocenters. The maximum absolute atomic E-state index is 5.62. The fourth-order valence-electron chi connectivity index (χ4n) is 0.700. The maximum atomic E-state index is 5.62. The van der Waals surface area contributed by atoms with Crippen LogP contribution in [-0.4, -0.2) is 6.61 Å². The molecule has 0 amide bonds. The summed E-state index contributed by atoms with van der Waals surface area (Å²) in [5.74, 6) is 0.786. The van der Waals surface area contributed by atoms with Gasteiger partial charge in [-0.05, 0) is 12.1 Å². The van der Waals surface area contributed by atoms with Gasteiger partial charge in [0.15, 0.2) is 0 Å². The molecule has 0 aliphatic rings. The first-order chi connectivity index (χ1) is 5.83. The third-order valence-corrected chi connectivity index (χ3v) is 1.83. The zero-order chi connectivity index (χ0) is 8.81. The SMILES string of the molecule is Cl/C=C(\Cl)COc1ccccc1. The lowest BCUT2D eigenvalue weighted by Gasteiger charge is -2.03. The zero-order valence-electron chi connectivity index (χ0n) is 6.34. The Morgan fingerprint density at radius 2 is 2.00 bits per heavy atom. The predicted octanol–water partition coefficient (Wildman–Crippen LogP) is 3.38. The third-order valence-electron chi connectivity index (χ3n) is 1.24. The van der Waals surface area contributed by atoms with Crippen molar-refractivity contribution < 1.29 is 4.74 Å². The molecule has 0 aliphatic heterocycles. The molecule has 0 radical (unpaired) electrons. The highest BCUT2D eigenvalue weighted by molar-refractivity contribution is 6.36. The van der Waals surface area contributed by atoms with E-state index in [2.05, 4.69) is 0 Å². The Labute approximate surface area is 81.6 Å². The minimum atomic E-state index is 0.315. The first kappa shape index (κ1) is 9.43. The van der Waals surface area contributed by atoms with Gasteiger partial charge < -0.3 is 4.74 Å². The molecule has 3 heteroatoms. The molecule has 0 fully saturated rings. The molecule has 1 aromatic rings. The highest BCUT2D eigenvalue weighted by atomic mass is 35.5. The Morgan fingerprint density at radius 1 is 1.33 bits per heavy atom. The van der Waals surface area contributed by atoms with Crippen LogP contribution in [0.1, 0.15) is 0 Å². The summed E-state index contributed by atoms with van der Waals surface area (Å²) in [6, 6.07) is 9.43. The van der Waals surface area contributed by atoms with Crippen LogP contribution in [0.5, 0.6) is 5.75 Å². The molecule has 1 aromatic carbocycles. The standard InChI is InChI=1S/C9H8Cl2O/c10-6-8(11)7-12-9-4-2-1-3-5-9/h1-6H,7H2/b8-6-. The summed E-state index contributed by atoms with van der Waals surface area (Å²) in [6.07, 6.45) is 0. The van der Waals surface area contributed by atoms with Gasteiger partial charge in [0, 0.05) is 5.54 Å². The van der Waals surface area contributed by atoms with E-state index >= 15 is 0 Å². The van der Waals surface area contributed by atoms with Gasteiger partial charge in [0.05, 0.1) is 5.03 Å². The minimum absolute atomic E-state index is 0.315. The van der Waals surface area contributed by atoms with Crippen LogP contribution in [0.3, 0.4) is 0 Å². The van der Waals surface area contributed by atoms with E-state index in [0.29, 0.717) is 11.6 Å². The summed E-state index contributed by atoms with van der Waals surface area (Å²) in [5.41, 5.74) is 1.30. The first-order valence-electron chi connectivity index (χ1n) is 3.45. The lowest BCUT2D eigenvalue weighted by Crippen LogP contribution is -1.95. The topological polar surface area (TPSA) is 9.23 Å². The second-order valence-electron chi connectivity index (χ2n) is 2.16. The van der Waals surface area contributed by atoms with E-state index in [1.54, 1.807) is 0 Å². The Kier molecular flexibility index (Phi) is 3.98. The van der Waals surface area contributed by atoms with Gasteiger partial charge in [0.2, 0.25) is 0 Å². The van der Waals surface area contributed by atoms with Crippen molar-refractivity contribution in [3.8, 4) is 5.75 Å². The lowest BCUT2D eigenvalue weighted by molar-refractivity contribution is 0.359. The second-order valence-corrected chi connectivity index (χ2v) is 2.86. The first-order valence-corrected chi connectivity index (χ1v) is 4.27. The van der Waals surface area contributed by atoms with Gasteiger partial charge in [-0.1, -0.05) is 41.4 Å². The van der Waals surface area contributed by atoms with Crippen molar-refractivity contribution >= 4 is 23.2 Å². The van der Waals surface area contributed by atoms with Gasteiger partial charge in [-0.2, -0.15) is 0 Å². The number of hydrogen-bond donors (Lipinski definition) is 0. The molecule has 0 aromatic heterocycles. The van der Waals surface area contributed by atoms with Crippen LogP contribution < -0.4 is 4.74 Å². The van der Waals surface area contributed by atoms with Crippen LogP contribution >= 0.6 is 23.2 Å². The van der Waals surface area contributed by atoms with Crippen molar-refractivity contribution in [3.05, 3.63) is 40.9 Å². The average molecular weight is 203 g/mol. The van der Waals surface area contributed by atoms with Gasteiger partial charge >= 0.3 is 0 Å². The third kappa shape index (κ3) is 3.16. The molecule has 1 nitrogen and oxygen atoms in total. The molecule has 1 rings (SSSR count). The number of benzene rings is 1. The van der Waals surface area contributed by atoms with Crippen LogP contribution in [-0.2, 0) is 0 Å². The van der Waals surface area contributed by atoms with Gasteiger partial charge in [-0.25, -0.2) is 0 Å². The highest BCUT2D eigenvalue weighted by Crippen LogP contribution is 2.11. The molecule has 0 heterocycles. The van der Waals surface area contributed by atoms with E-state index in [9.17, 15) is 0 Å². The molecule has 0 aliphatic carbocycles. The summed E-state index contributed by atoms with van der Waals surface area (Å²) in [5, 5.41) is 0.487. The van der Waals surface area contributed by atoms with Crippen molar-refractivity contribution in [2.24, 2.45) is 0 Å². The van der Waals surface area contributed by atoms with Crippen LogP contribution in [0.2, 0.25) is 0 Å². The number of hydrogen-bond acceptors (Lipinski definition) is 1. The molecule has 0 spiro atoms. The number of para-hydroxylation sites is 1. The molecular formula is C9H8Cl2O. The maximum Gasteiger partial charge on any atom is 0.125 e. The Morgan fingerprint density at radius 3 is 2.58 bits per heavy atom. The average Bonchev–Trinajstić information content (AvgIpc) is 2.16. The summed E-state index contributed by atoms with van der Waals surface area (Å²) < 4.78 is 5.27. The molecule has 0 saturated heterocycles. The molecule has 64 valence electrons. The Bertz CT molecular complexity index is 256. The number of ether oxygens (including phenoxy) is 1. The van der Waals surface area contributed by atoms with Crippen LogP contribution in [0, 0.1) is 0 Å². The number of halogens is 2. The monoisotopic (exact) mass is 202 g/mol. The van der Waals surface area contributed by atoms with Crippen LogP contribution in [0.25, 0.3) is 0 Å². The fourth-order valence-corrected chi connectivity index (χ4v) is 0.818. The highest BCUT2D eigenvalue weighted by Gasteiger charge is 1.93. The van der Waals surface area contributed by atoms with Gasteiger partial charge in [0.1, 0.15) is 12.4 Å². The summed E-state index contributed by atoms with van der Waals surface area (Å²) in [6.45, 7) is 0.315. The van der Waals surface area contributed by atoms with Gasteiger partial charge in [-0.15, -0.1) is 0 Å². The predicted molar refractivity (Wildman–Crippen MR) is 51.7 cm³/mol. The summed E-state index contributed by atoms with van der Waals surface area (Å²) in [4.78, 5) is 0. The normalized spacial score (nSPS) is 11.3. The smallest absolute Gasteiger partial charge is 0.125 e. The Balaban J connectivity index is 2.44. The van der Waals surface area contributed by atoms with Crippen LogP contribution in [0.15, 0.2) is 40.9 Å². The molecule has 0 atom stereocenters. The van der Waals surface area contributed by atoms with Crippen molar-refractivity contribution in [2.75, 3.05) is 6.61 Å². The molecule has 12 heavy (non-hydrogen) atoms. The van der Waals surface area contributed by atoms with E-state index in [1.807, 2.05) is 30.3 Å². The van der Waals surface area contributed by atoms with Crippen molar-refractivity contribution in [1.29, 1.82) is 0 Å². The largest absolute Gasteiger partial charge is 0.488 e. The second kappa shape index (κ2) is 5.07. The van der Waals surface area contributed by atoms with Gasteiger partial charge in [-0.3, -0.25) is 0 Å². The van der Waals surface area contributed by atoms with Crippen molar-refractivity contribution in [3.63, 3.8) is 0 Å².